The van der Waals surface area contributed by atoms with E-state index >= 15 is 0 Å². The van der Waals surface area contributed by atoms with Crippen molar-refractivity contribution >= 4 is 12.6 Å². The molecule has 1 heterocycles. The van der Waals surface area contributed by atoms with E-state index in [4.69, 9.17) is 17.4 Å². The van der Waals surface area contributed by atoms with Crippen molar-refractivity contribution < 1.29 is 34.3 Å². The number of hydrogen-bond acceptors (Lipinski definition) is 3. The van der Waals surface area contributed by atoms with Crippen LogP contribution in [-0.4, -0.2) is 31.2 Å². The molecular formula is C6H10NNaOS. The maximum absolute atomic E-state index is 5.12. The summed E-state index contributed by atoms with van der Waals surface area (Å²) in [5.41, 5.74) is 0. The van der Waals surface area contributed by atoms with Gasteiger partial charge in [0.2, 0.25) is 0 Å². The number of nitrogens with zero attached hydrogens (tertiary/aromatic N) is 1. The number of morpholine rings is 1. The third kappa shape index (κ3) is 3.21. The second kappa shape index (κ2) is 5.38. The van der Waals surface area contributed by atoms with Crippen LogP contribution < -0.4 is 29.6 Å². The third-order valence-electron chi connectivity index (χ3n) is 1.36. The molecule has 0 saturated carbocycles. The van der Waals surface area contributed by atoms with Gasteiger partial charge >= 0.3 is 29.6 Å². The van der Waals surface area contributed by atoms with Crippen LogP contribution in [0.4, 0.5) is 0 Å². The van der Waals surface area contributed by atoms with E-state index < -0.39 is 0 Å². The van der Waals surface area contributed by atoms with Crippen molar-refractivity contribution in [3.05, 3.63) is 11.6 Å². The molecule has 0 aliphatic carbocycles. The van der Waals surface area contributed by atoms with E-state index in [-0.39, 0.29) is 29.6 Å². The molecule has 0 unspecified atom stereocenters. The molecule has 1 aliphatic rings. The van der Waals surface area contributed by atoms with Crippen molar-refractivity contribution in [1.29, 1.82) is 0 Å². The maximum Gasteiger partial charge on any atom is 1.00 e. The first kappa shape index (κ1) is 10.7. The SMILES string of the molecule is C=C([S-])N1CCOCC1.[Na+]. The van der Waals surface area contributed by atoms with E-state index in [2.05, 4.69) is 11.5 Å². The van der Waals surface area contributed by atoms with Gasteiger partial charge in [0.15, 0.2) is 0 Å². The van der Waals surface area contributed by atoms with Crippen molar-refractivity contribution in [1.82, 2.24) is 4.90 Å². The second-order valence-electron chi connectivity index (χ2n) is 1.99. The summed E-state index contributed by atoms with van der Waals surface area (Å²) in [6, 6.07) is 0. The first-order valence-electron chi connectivity index (χ1n) is 2.99. The molecule has 4 heteroatoms. The molecule has 0 spiro atoms. The van der Waals surface area contributed by atoms with Crippen LogP contribution in [0.5, 0.6) is 0 Å². The molecule has 0 aromatic carbocycles. The number of rotatable bonds is 1. The summed E-state index contributed by atoms with van der Waals surface area (Å²) in [5.74, 6) is 0. The van der Waals surface area contributed by atoms with Crippen LogP contribution in [0.2, 0.25) is 0 Å². The molecule has 10 heavy (non-hydrogen) atoms. The van der Waals surface area contributed by atoms with Gasteiger partial charge < -0.3 is 22.3 Å². The summed E-state index contributed by atoms with van der Waals surface area (Å²) in [6.07, 6.45) is 0. The van der Waals surface area contributed by atoms with Gasteiger partial charge in [0, 0.05) is 13.1 Å². The minimum atomic E-state index is 0. The summed E-state index contributed by atoms with van der Waals surface area (Å²) in [6.45, 7) is 7.05. The zero-order chi connectivity index (χ0) is 6.69. The fraction of sp³-hybridized carbons (Fsp3) is 0.667. The van der Waals surface area contributed by atoms with Gasteiger partial charge in [-0.05, 0) is 0 Å². The Hall–Kier alpha value is 0.720. The molecule has 1 saturated heterocycles. The van der Waals surface area contributed by atoms with Gasteiger partial charge in [-0.15, -0.1) is 11.6 Å². The van der Waals surface area contributed by atoms with E-state index in [1.807, 2.05) is 0 Å². The van der Waals surface area contributed by atoms with Crippen LogP contribution in [0.15, 0.2) is 11.6 Å². The summed E-state index contributed by atoms with van der Waals surface area (Å²) in [7, 11) is 0. The maximum atomic E-state index is 5.12. The summed E-state index contributed by atoms with van der Waals surface area (Å²) in [5, 5.41) is 0.735. The molecule has 1 aliphatic heterocycles. The van der Waals surface area contributed by atoms with Gasteiger partial charge in [-0.3, -0.25) is 0 Å². The van der Waals surface area contributed by atoms with Crippen molar-refractivity contribution in [2.75, 3.05) is 26.3 Å². The van der Waals surface area contributed by atoms with E-state index in [0.717, 1.165) is 31.3 Å². The van der Waals surface area contributed by atoms with Crippen molar-refractivity contribution in [2.24, 2.45) is 0 Å². The van der Waals surface area contributed by atoms with Gasteiger partial charge in [0.05, 0.1) is 13.2 Å². The Kier molecular flexibility index (Phi) is 5.77. The molecule has 0 N–H and O–H groups in total. The molecule has 2 nitrogen and oxygen atoms in total. The van der Waals surface area contributed by atoms with Crippen molar-refractivity contribution in [3.8, 4) is 0 Å². The van der Waals surface area contributed by atoms with Gasteiger partial charge in [0.25, 0.3) is 0 Å². The normalized spacial score (nSPS) is 17.8. The quantitative estimate of drug-likeness (QED) is 0.312. The predicted molar refractivity (Wildman–Crippen MR) is 38.9 cm³/mol. The zero-order valence-electron chi connectivity index (χ0n) is 6.30. The Morgan fingerprint density at radius 3 is 2.20 bits per heavy atom. The Bertz CT molecular complexity index is 114. The average molecular weight is 167 g/mol. The molecule has 0 aromatic rings. The fourth-order valence-electron chi connectivity index (χ4n) is 0.813. The van der Waals surface area contributed by atoms with Crippen LogP contribution in [0.3, 0.4) is 0 Å². The predicted octanol–water partition coefficient (Wildman–Crippen LogP) is -2.66. The molecule has 0 amide bonds. The van der Waals surface area contributed by atoms with E-state index in [1.165, 1.54) is 0 Å². The van der Waals surface area contributed by atoms with Crippen molar-refractivity contribution in [2.45, 2.75) is 0 Å². The zero-order valence-corrected chi connectivity index (χ0v) is 9.12. The first-order chi connectivity index (χ1) is 4.30. The third-order valence-corrected chi connectivity index (χ3v) is 1.62. The Balaban J connectivity index is 0.000000810. The van der Waals surface area contributed by atoms with Crippen LogP contribution >= 0.6 is 0 Å². The van der Waals surface area contributed by atoms with Crippen LogP contribution in [0.1, 0.15) is 0 Å². The van der Waals surface area contributed by atoms with Gasteiger partial charge in [0.1, 0.15) is 0 Å². The van der Waals surface area contributed by atoms with Gasteiger partial charge in [-0.25, -0.2) is 0 Å². The largest absolute Gasteiger partial charge is 1.00 e. The van der Waals surface area contributed by atoms with E-state index in [9.17, 15) is 0 Å². The molecule has 0 atom stereocenters. The Labute approximate surface area is 89.3 Å². The molecule has 1 rings (SSSR count). The van der Waals surface area contributed by atoms with E-state index in [1.54, 1.807) is 0 Å². The molecule has 0 radical (unpaired) electrons. The van der Waals surface area contributed by atoms with Crippen LogP contribution in [0, 0.1) is 0 Å². The molecular weight excluding hydrogens is 157 g/mol. The second-order valence-corrected chi connectivity index (χ2v) is 2.46. The standard InChI is InChI=1S/C6H11NOS.Na/c1-6(9)7-2-4-8-5-3-7;/h9H,1-5H2;/q;+1/p-1. The topological polar surface area (TPSA) is 12.5 Å². The van der Waals surface area contributed by atoms with E-state index in [0.29, 0.717) is 0 Å². The monoisotopic (exact) mass is 167 g/mol. The summed E-state index contributed by atoms with van der Waals surface area (Å²) in [4.78, 5) is 2.05. The summed E-state index contributed by atoms with van der Waals surface area (Å²) >= 11 is 4.87. The smallest absolute Gasteiger partial charge is 0.763 e. The molecule has 0 aromatic heterocycles. The average Bonchev–Trinajstić information content (AvgIpc) is 1.90. The number of ether oxygens (including phenoxy) is 1. The first-order valence-corrected chi connectivity index (χ1v) is 3.40. The molecule has 52 valence electrons. The van der Waals surface area contributed by atoms with Crippen LogP contribution in [-0.2, 0) is 17.4 Å². The summed E-state index contributed by atoms with van der Waals surface area (Å²) < 4.78 is 5.12. The van der Waals surface area contributed by atoms with Crippen LogP contribution in [0.25, 0.3) is 0 Å². The van der Waals surface area contributed by atoms with Gasteiger partial charge in [-0.1, -0.05) is 0 Å². The van der Waals surface area contributed by atoms with Gasteiger partial charge in [-0.2, -0.15) is 0 Å². The van der Waals surface area contributed by atoms with Crippen molar-refractivity contribution in [3.63, 3.8) is 0 Å². The molecule has 1 fully saturated rings. The fourth-order valence-corrected chi connectivity index (χ4v) is 0.995. The Morgan fingerprint density at radius 2 is 1.90 bits per heavy atom. The Morgan fingerprint density at radius 1 is 1.40 bits per heavy atom. The molecule has 0 bridgehead atoms. The minimum absolute atomic E-state index is 0. The minimum Gasteiger partial charge on any atom is -0.763 e. The number of hydrogen-bond donors (Lipinski definition) is 0.